The lowest BCUT2D eigenvalue weighted by Gasteiger charge is -2.14. The smallest absolute Gasteiger partial charge is 0.261 e. The van der Waals surface area contributed by atoms with Crippen molar-refractivity contribution in [3.05, 3.63) is 39.6 Å². The van der Waals surface area contributed by atoms with Crippen molar-refractivity contribution < 1.29 is 14.2 Å². The van der Waals surface area contributed by atoms with Gasteiger partial charge in [0.1, 0.15) is 10.5 Å². The van der Waals surface area contributed by atoms with E-state index in [2.05, 4.69) is 15.1 Å². The third-order valence-electron chi connectivity index (χ3n) is 4.15. The van der Waals surface area contributed by atoms with Crippen molar-refractivity contribution in [1.82, 2.24) is 24.1 Å². The van der Waals surface area contributed by atoms with Crippen LogP contribution in [0.25, 0.3) is 15.9 Å². The van der Waals surface area contributed by atoms with Crippen LogP contribution in [0.3, 0.4) is 0 Å². The second-order valence-electron chi connectivity index (χ2n) is 5.80. The highest BCUT2D eigenvalue weighted by molar-refractivity contribution is 7.16. The molecule has 0 amide bonds. The van der Waals surface area contributed by atoms with Crippen LogP contribution in [0.2, 0.25) is 0 Å². The molecule has 0 N–H and O–H groups in total. The monoisotopic (exact) mass is 387 g/mol. The topological polar surface area (TPSA) is 92.8 Å². The summed E-state index contributed by atoms with van der Waals surface area (Å²) >= 11 is 1.50. The molecular formula is C17H17N5O4S. The number of nitrogens with zero attached hydrogens (tertiary/aromatic N) is 5. The first kappa shape index (κ1) is 17.3. The lowest BCUT2D eigenvalue weighted by atomic mass is 10.2. The van der Waals surface area contributed by atoms with E-state index in [0.717, 1.165) is 15.7 Å². The lowest BCUT2D eigenvalue weighted by Crippen LogP contribution is -2.21. The Bertz CT molecular complexity index is 1180. The summed E-state index contributed by atoms with van der Waals surface area (Å²) in [6.45, 7) is 2.21. The molecule has 0 radical (unpaired) electrons. The Labute approximate surface area is 157 Å². The number of fused-ring (bicyclic) bond motifs is 2. The van der Waals surface area contributed by atoms with Crippen LogP contribution in [0.5, 0.6) is 17.2 Å². The van der Waals surface area contributed by atoms with E-state index in [9.17, 15) is 4.79 Å². The molecule has 0 saturated heterocycles. The first-order chi connectivity index (χ1) is 13.0. The van der Waals surface area contributed by atoms with Crippen molar-refractivity contribution in [2.24, 2.45) is 0 Å². The predicted molar refractivity (Wildman–Crippen MR) is 100 cm³/mol. The summed E-state index contributed by atoms with van der Waals surface area (Å²) < 4.78 is 19.3. The number of ether oxygens (including phenoxy) is 3. The average molecular weight is 387 g/mol. The molecule has 0 unspecified atom stereocenters. The highest BCUT2D eigenvalue weighted by atomic mass is 32.1. The van der Waals surface area contributed by atoms with Crippen LogP contribution in [0.4, 0.5) is 0 Å². The lowest BCUT2D eigenvalue weighted by molar-refractivity contribution is 0.326. The quantitative estimate of drug-likeness (QED) is 0.516. The van der Waals surface area contributed by atoms with E-state index in [0.29, 0.717) is 28.2 Å². The zero-order valence-electron chi connectivity index (χ0n) is 15.2. The second kappa shape index (κ2) is 6.54. The SMILES string of the molecule is COc1cc2c(=O)n(Cc3cn4nc(C)sc4n3)cnc2c(OC)c1OC. The Morgan fingerprint density at radius 3 is 2.59 bits per heavy atom. The van der Waals surface area contributed by atoms with Gasteiger partial charge in [-0.05, 0) is 13.0 Å². The van der Waals surface area contributed by atoms with Crippen molar-refractivity contribution in [3.63, 3.8) is 0 Å². The summed E-state index contributed by atoms with van der Waals surface area (Å²) in [5, 5.41) is 5.64. The molecule has 9 nitrogen and oxygen atoms in total. The number of imidazole rings is 1. The summed E-state index contributed by atoms with van der Waals surface area (Å²) in [6, 6.07) is 1.61. The van der Waals surface area contributed by atoms with Gasteiger partial charge in [0.05, 0.1) is 51.5 Å². The minimum atomic E-state index is -0.222. The van der Waals surface area contributed by atoms with Gasteiger partial charge < -0.3 is 14.2 Å². The van der Waals surface area contributed by atoms with Gasteiger partial charge in [-0.15, -0.1) is 0 Å². The molecule has 0 bridgehead atoms. The van der Waals surface area contributed by atoms with Crippen molar-refractivity contribution in [2.75, 3.05) is 21.3 Å². The van der Waals surface area contributed by atoms with Crippen LogP contribution in [-0.4, -0.2) is 45.5 Å². The Hall–Kier alpha value is -3.14. The van der Waals surface area contributed by atoms with E-state index in [4.69, 9.17) is 14.2 Å². The van der Waals surface area contributed by atoms with Gasteiger partial charge in [-0.3, -0.25) is 9.36 Å². The van der Waals surface area contributed by atoms with Crippen LogP contribution >= 0.6 is 11.3 Å². The molecule has 4 rings (SSSR count). The zero-order chi connectivity index (χ0) is 19.1. The Morgan fingerprint density at radius 1 is 1.15 bits per heavy atom. The number of aromatic nitrogens is 5. The normalized spacial score (nSPS) is 11.3. The van der Waals surface area contributed by atoms with Gasteiger partial charge in [0.25, 0.3) is 5.56 Å². The second-order valence-corrected chi connectivity index (χ2v) is 6.96. The molecule has 0 aliphatic rings. The molecule has 3 aromatic heterocycles. The van der Waals surface area contributed by atoms with Gasteiger partial charge in [0, 0.05) is 0 Å². The van der Waals surface area contributed by atoms with Gasteiger partial charge in [0.2, 0.25) is 10.7 Å². The molecule has 0 saturated carbocycles. The van der Waals surface area contributed by atoms with Gasteiger partial charge in [-0.1, -0.05) is 11.3 Å². The Balaban J connectivity index is 1.83. The molecule has 3 heterocycles. The third-order valence-corrected chi connectivity index (χ3v) is 4.99. The minimum Gasteiger partial charge on any atom is -0.493 e. The van der Waals surface area contributed by atoms with E-state index in [1.807, 2.05) is 13.1 Å². The van der Waals surface area contributed by atoms with Crippen molar-refractivity contribution in [1.29, 1.82) is 0 Å². The Kier molecular flexibility index (Phi) is 4.19. The Morgan fingerprint density at radius 2 is 1.93 bits per heavy atom. The van der Waals surface area contributed by atoms with E-state index in [1.54, 1.807) is 10.6 Å². The van der Waals surface area contributed by atoms with Gasteiger partial charge in [0.15, 0.2) is 11.5 Å². The fourth-order valence-electron chi connectivity index (χ4n) is 2.97. The first-order valence-electron chi connectivity index (χ1n) is 8.05. The van der Waals surface area contributed by atoms with Crippen LogP contribution < -0.4 is 19.8 Å². The number of aryl methyl sites for hydroxylation is 1. The summed E-state index contributed by atoms with van der Waals surface area (Å²) in [6.07, 6.45) is 3.29. The molecule has 4 aromatic rings. The van der Waals surface area contributed by atoms with E-state index in [-0.39, 0.29) is 12.1 Å². The molecule has 27 heavy (non-hydrogen) atoms. The number of hydrogen-bond donors (Lipinski definition) is 0. The zero-order valence-corrected chi connectivity index (χ0v) is 16.0. The van der Waals surface area contributed by atoms with Gasteiger partial charge >= 0.3 is 0 Å². The number of rotatable bonds is 5. The summed E-state index contributed by atoms with van der Waals surface area (Å²) in [5.74, 6) is 1.16. The predicted octanol–water partition coefficient (Wildman–Crippen LogP) is 1.88. The summed E-state index contributed by atoms with van der Waals surface area (Å²) in [4.78, 5) is 22.7. The number of benzene rings is 1. The molecule has 0 spiro atoms. The maximum Gasteiger partial charge on any atom is 0.261 e. The fourth-order valence-corrected chi connectivity index (χ4v) is 3.72. The van der Waals surface area contributed by atoms with Crippen molar-refractivity contribution >= 4 is 27.2 Å². The maximum atomic E-state index is 13.0. The molecule has 0 aliphatic carbocycles. The summed E-state index contributed by atoms with van der Waals surface area (Å²) in [7, 11) is 4.51. The molecule has 10 heteroatoms. The highest BCUT2D eigenvalue weighted by Crippen LogP contribution is 2.41. The summed E-state index contributed by atoms with van der Waals surface area (Å²) in [5.41, 5.74) is 0.920. The average Bonchev–Trinajstić information content (AvgIpc) is 3.18. The van der Waals surface area contributed by atoms with Crippen LogP contribution in [0, 0.1) is 6.92 Å². The molecule has 0 aliphatic heterocycles. The van der Waals surface area contributed by atoms with Gasteiger partial charge in [-0.2, -0.15) is 5.10 Å². The van der Waals surface area contributed by atoms with E-state index < -0.39 is 0 Å². The molecule has 0 fully saturated rings. The van der Waals surface area contributed by atoms with E-state index in [1.165, 1.54) is 43.6 Å². The van der Waals surface area contributed by atoms with Gasteiger partial charge in [-0.25, -0.2) is 14.5 Å². The molecular weight excluding hydrogens is 370 g/mol. The van der Waals surface area contributed by atoms with E-state index >= 15 is 0 Å². The highest BCUT2D eigenvalue weighted by Gasteiger charge is 2.20. The van der Waals surface area contributed by atoms with Crippen molar-refractivity contribution in [3.8, 4) is 17.2 Å². The maximum absolute atomic E-state index is 13.0. The third kappa shape index (κ3) is 2.78. The standard InChI is InChI=1S/C17H17N5O4S/c1-9-20-22-7-10(19-17(22)27-9)6-21-8-18-13-11(16(21)23)5-12(24-2)14(25-3)15(13)26-4/h5,7-8H,6H2,1-4H3. The fraction of sp³-hybridized carbons (Fsp3) is 0.294. The molecule has 0 atom stereocenters. The minimum absolute atomic E-state index is 0.222. The largest absolute Gasteiger partial charge is 0.493 e. The molecule has 140 valence electrons. The van der Waals surface area contributed by atoms with Crippen LogP contribution in [0.1, 0.15) is 10.7 Å². The van der Waals surface area contributed by atoms with Crippen LogP contribution in [0.15, 0.2) is 23.4 Å². The van der Waals surface area contributed by atoms with Crippen molar-refractivity contribution in [2.45, 2.75) is 13.5 Å². The number of methoxy groups -OCH3 is 3. The van der Waals surface area contributed by atoms with Crippen LogP contribution in [-0.2, 0) is 6.54 Å². The number of hydrogen-bond acceptors (Lipinski definition) is 8. The molecule has 1 aromatic carbocycles. The first-order valence-corrected chi connectivity index (χ1v) is 8.87.